The maximum absolute atomic E-state index is 12.2. The van der Waals surface area contributed by atoms with Crippen molar-refractivity contribution >= 4 is 33.3 Å². The number of aromatic nitrogens is 2. The molecule has 8 heteroatoms. The molecule has 1 aromatic heterocycles. The average molecular weight is 484 g/mol. The fourth-order valence-electron chi connectivity index (χ4n) is 5.08. The summed E-state index contributed by atoms with van der Waals surface area (Å²) in [5, 5.41) is 14.7. The number of halogens is 1. The van der Waals surface area contributed by atoms with Crippen LogP contribution < -0.4 is 4.90 Å². The van der Waals surface area contributed by atoms with Crippen LogP contribution in [0.5, 0.6) is 0 Å². The van der Waals surface area contributed by atoms with E-state index in [1.54, 1.807) is 6.92 Å². The molecule has 1 fully saturated rings. The van der Waals surface area contributed by atoms with Gasteiger partial charge in [-0.1, -0.05) is 6.92 Å². The first-order valence-electron chi connectivity index (χ1n) is 10.9. The Balaban J connectivity index is 1.65. The number of hydrogen-bond acceptors (Lipinski definition) is 5. The highest BCUT2D eigenvalue weighted by Gasteiger charge is 2.35. The number of hydrogen-bond donors (Lipinski definition) is 0. The summed E-state index contributed by atoms with van der Waals surface area (Å²) in [4.78, 5) is 16.3. The molecule has 7 nitrogen and oxygen atoms in total. The summed E-state index contributed by atoms with van der Waals surface area (Å²) < 4.78 is 8.65. The number of benzene rings is 1. The zero-order valence-electron chi connectivity index (χ0n) is 17.9. The number of ether oxygens (including phenoxy) is 1. The first kappa shape index (κ1) is 20.5. The predicted molar refractivity (Wildman–Crippen MR) is 120 cm³/mol. The monoisotopic (exact) mass is 483 g/mol. The summed E-state index contributed by atoms with van der Waals surface area (Å²) >= 11 is 3.55. The highest BCUT2D eigenvalue weighted by molar-refractivity contribution is 9.10. The second kappa shape index (κ2) is 7.95. The van der Waals surface area contributed by atoms with Crippen molar-refractivity contribution in [1.82, 2.24) is 14.7 Å². The van der Waals surface area contributed by atoms with Crippen LogP contribution in [0.1, 0.15) is 48.7 Å². The number of fused-ring (bicyclic) bond motifs is 2. The summed E-state index contributed by atoms with van der Waals surface area (Å²) in [5.74, 6) is 1.47. The SMILES string of the molecule is CC(=O)N1CCc2c(c(N3CC(C)Cc4cc(Br)c(C#N)cc43)nn2[C@H]2CCOC2)C1. The Morgan fingerprint density at radius 3 is 2.94 bits per heavy atom. The van der Waals surface area contributed by atoms with Crippen LogP contribution in [-0.4, -0.2) is 46.9 Å². The van der Waals surface area contributed by atoms with Crippen LogP contribution in [0.3, 0.4) is 0 Å². The quantitative estimate of drug-likeness (QED) is 0.650. The standard InChI is InChI=1S/C23H26BrN5O2/c1-14-7-16-8-20(24)17(10-25)9-22(16)28(11-14)23-19-12-27(15(2)30)5-3-21(19)29(26-23)18-4-6-31-13-18/h8-9,14,18H,3-7,11-13H2,1-2H3/t14?,18-/m0/s1. The Morgan fingerprint density at radius 1 is 1.39 bits per heavy atom. The third-order valence-electron chi connectivity index (χ3n) is 6.66. The summed E-state index contributed by atoms with van der Waals surface area (Å²) in [6, 6.07) is 6.59. The van der Waals surface area contributed by atoms with Crippen LogP contribution in [0.2, 0.25) is 0 Å². The average Bonchev–Trinajstić information content (AvgIpc) is 3.40. The fraction of sp³-hybridized carbons (Fsp3) is 0.522. The van der Waals surface area contributed by atoms with Crippen molar-refractivity contribution in [2.75, 3.05) is 31.2 Å². The van der Waals surface area contributed by atoms with Gasteiger partial charge in [-0.2, -0.15) is 10.4 Å². The van der Waals surface area contributed by atoms with Crippen molar-refractivity contribution < 1.29 is 9.53 Å². The zero-order valence-corrected chi connectivity index (χ0v) is 19.5. The Morgan fingerprint density at radius 2 is 2.23 bits per heavy atom. The molecule has 4 heterocycles. The first-order valence-corrected chi connectivity index (χ1v) is 11.7. The number of amides is 1. The van der Waals surface area contributed by atoms with Crippen LogP contribution in [-0.2, 0) is 28.9 Å². The van der Waals surface area contributed by atoms with Crippen molar-refractivity contribution in [2.45, 2.75) is 45.7 Å². The van der Waals surface area contributed by atoms with E-state index in [2.05, 4.69) is 44.6 Å². The molecule has 3 aliphatic rings. The van der Waals surface area contributed by atoms with Gasteiger partial charge in [0.25, 0.3) is 0 Å². The Bertz CT molecular complexity index is 1080. The number of rotatable bonds is 2. The lowest BCUT2D eigenvalue weighted by Crippen LogP contribution is -2.36. The number of nitriles is 1. The summed E-state index contributed by atoms with van der Waals surface area (Å²) in [5.41, 5.74) is 5.25. The van der Waals surface area contributed by atoms with Crippen LogP contribution in [0, 0.1) is 17.2 Å². The van der Waals surface area contributed by atoms with Crippen molar-refractivity contribution in [2.24, 2.45) is 5.92 Å². The molecule has 2 atom stereocenters. The molecule has 1 amide bonds. The molecular formula is C23H26BrN5O2. The molecule has 31 heavy (non-hydrogen) atoms. The summed E-state index contributed by atoms with van der Waals surface area (Å²) in [6.07, 6.45) is 2.73. The van der Waals surface area contributed by atoms with Crippen LogP contribution in [0.4, 0.5) is 11.5 Å². The molecule has 0 saturated carbocycles. The minimum Gasteiger partial charge on any atom is -0.379 e. The van der Waals surface area contributed by atoms with Gasteiger partial charge in [0.15, 0.2) is 5.82 Å². The van der Waals surface area contributed by atoms with Crippen LogP contribution >= 0.6 is 15.9 Å². The van der Waals surface area contributed by atoms with Crippen LogP contribution in [0.25, 0.3) is 0 Å². The van der Waals surface area contributed by atoms with E-state index >= 15 is 0 Å². The van der Waals surface area contributed by atoms with Gasteiger partial charge in [0, 0.05) is 54.5 Å². The molecule has 3 aliphatic heterocycles. The third-order valence-corrected chi connectivity index (χ3v) is 7.32. The normalized spacial score (nSPS) is 22.8. The van der Waals surface area contributed by atoms with Gasteiger partial charge < -0.3 is 14.5 Å². The van der Waals surface area contributed by atoms with E-state index < -0.39 is 0 Å². The van der Waals surface area contributed by atoms with E-state index in [0.717, 1.165) is 60.5 Å². The van der Waals surface area contributed by atoms with Gasteiger partial charge in [-0.3, -0.25) is 9.48 Å². The second-order valence-corrected chi connectivity index (χ2v) is 9.75. The zero-order chi connectivity index (χ0) is 21.7. The highest BCUT2D eigenvalue weighted by atomic mass is 79.9. The molecule has 5 rings (SSSR count). The molecule has 0 N–H and O–H groups in total. The lowest BCUT2D eigenvalue weighted by Gasteiger charge is -2.35. The molecule has 0 aliphatic carbocycles. The maximum atomic E-state index is 12.2. The molecule has 0 spiro atoms. The maximum Gasteiger partial charge on any atom is 0.219 e. The molecular weight excluding hydrogens is 458 g/mol. The minimum atomic E-state index is 0.0941. The van der Waals surface area contributed by atoms with Gasteiger partial charge in [-0.25, -0.2) is 0 Å². The van der Waals surface area contributed by atoms with E-state index in [1.165, 1.54) is 11.3 Å². The van der Waals surface area contributed by atoms with Crippen molar-refractivity contribution in [3.8, 4) is 6.07 Å². The van der Waals surface area contributed by atoms with Gasteiger partial charge in [0.2, 0.25) is 5.91 Å². The molecule has 162 valence electrons. The Labute approximate surface area is 190 Å². The molecule has 2 aromatic rings. The molecule has 1 saturated heterocycles. The van der Waals surface area contributed by atoms with E-state index in [4.69, 9.17) is 9.84 Å². The van der Waals surface area contributed by atoms with Crippen molar-refractivity contribution in [1.29, 1.82) is 5.26 Å². The predicted octanol–water partition coefficient (Wildman–Crippen LogP) is 3.71. The van der Waals surface area contributed by atoms with Crippen LogP contribution in [0.15, 0.2) is 16.6 Å². The Hall–Kier alpha value is -2.37. The number of carbonyl (C=O) groups excluding carboxylic acids is 1. The first-order chi connectivity index (χ1) is 15.0. The van der Waals surface area contributed by atoms with Gasteiger partial charge in [0.1, 0.15) is 6.07 Å². The smallest absolute Gasteiger partial charge is 0.219 e. The Kier molecular flexibility index (Phi) is 5.27. The van der Waals surface area contributed by atoms with E-state index in [9.17, 15) is 10.1 Å². The largest absolute Gasteiger partial charge is 0.379 e. The molecule has 0 radical (unpaired) electrons. The minimum absolute atomic E-state index is 0.0941. The second-order valence-electron chi connectivity index (χ2n) is 8.89. The summed E-state index contributed by atoms with van der Waals surface area (Å²) in [7, 11) is 0. The van der Waals surface area contributed by atoms with Gasteiger partial charge >= 0.3 is 0 Å². The fourth-order valence-corrected chi connectivity index (χ4v) is 5.56. The van der Waals surface area contributed by atoms with Gasteiger partial charge in [-0.15, -0.1) is 0 Å². The molecule has 1 aromatic carbocycles. The van der Waals surface area contributed by atoms with Gasteiger partial charge in [-0.05, 0) is 52.4 Å². The lowest BCUT2D eigenvalue weighted by atomic mass is 9.92. The van der Waals surface area contributed by atoms with Crippen molar-refractivity contribution in [3.05, 3.63) is 39.0 Å². The topological polar surface area (TPSA) is 74.4 Å². The van der Waals surface area contributed by atoms with E-state index in [-0.39, 0.29) is 11.9 Å². The lowest BCUT2D eigenvalue weighted by molar-refractivity contribution is -0.129. The van der Waals surface area contributed by atoms with E-state index in [1.807, 2.05) is 11.0 Å². The number of anilines is 2. The van der Waals surface area contributed by atoms with Gasteiger partial charge in [0.05, 0.1) is 24.8 Å². The molecule has 1 unspecified atom stereocenters. The van der Waals surface area contributed by atoms with E-state index in [0.29, 0.717) is 24.6 Å². The number of carbonyl (C=O) groups is 1. The number of nitrogens with zero attached hydrogens (tertiary/aromatic N) is 5. The van der Waals surface area contributed by atoms with Crippen molar-refractivity contribution in [3.63, 3.8) is 0 Å². The summed E-state index contributed by atoms with van der Waals surface area (Å²) in [6.45, 7) is 7.46. The molecule has 0 bridgehead atoms. The highest BCUT2D eigenvalue weighted by Crippen LogP contribution is 2.41. The third kappa shape index (κ3) is 3.54.